The summed E-state index contributed by atoms with van der Waals surface area (Å²) < 4.78 is 0. The first-order valence-corrected chi connectivity index (χ1v) is 4.29. The summed E-state index contributed by atoms with van der Waals surface area (Å²) in [5.74, 6) is -2.55. The fourth-order valence-corrected chi connectivity index (χ4v) is 0.945. The lowest BCUT2D eigenvalue weighted by Gasteiger charge is -2.07. The van der Waals surface area contributed by atoms with Gasteiger partial charge >= 0.3 is 12.0 Å². The molecule has 80 valence electrons. The molecular formula is C8H13NO5. The molecule has 2 atom stereocenters. The van der Waals surface area contributed by atoms with Crippen LogP contribution in [0.25, 0.3) is 0 Å². The Labute approximate surface area is 81.1 Å². The summed E-state index contributed by atoms with van der Waals surface area (Å²) >= 11 is 0. The maximum atomic E-state index is 11.2. The van der Waals surface area contributed by atoms with E-state index in [0.717, 1.165) is 0 Å². The van der Waals surface area contributed by atoms with E-state index in [0.29, 0.717) is 6.42 Å². The maximum Gasteiger partial charge on any atom is 0.387 e. The molecule has 0 spiro atoms. The van der Waals surface area contributed by atoms with Crippen LogP contribution in [0.3, 0.4) is 0 Å². The molecule has 0 rings (SSSR count). The second kappa shape index (κ2) is 5.31. The molecule has 0 fully saturated rings. The van der Waals surface area contributed by atoms with Gasteiger partial charge in [-0.1, -0.05) is 20.3 Å². The van der Waals surface area contributed by atoms with Gasteiger partial charge in [0, 0.05) is 11.3 Å². The summed E-state index contributed by atoms with van der Waals surface area (Å²) in [4.78, 5) is 30.8. The minimum absolute atomic E-state index is 0.0238. The fourth-order valence-electron chi connectivity index (χ4n) is 0.945. The first-order valence-electron chi connectivity index (χ1n) is 4.29. The number of hydrogen-bond donors (Lipinski definition) is 1. The summed E-state index contributed by atoms with van der Waals surface area (Å²) in [7, 11) is 0. The van der Waals surface area contributed by atoms with Crippen LogP contribution >= 0.6 is 0 Å². The summed E-state index contributed by atoms with van der Waals surface area (Å²) in [5.41, 5.74) is 0. The van der Waals surface area contributed by atoms with Crippen molar-refractivity contribution in [2.24, 2.45) is 5.92 Å². The molecule has 0 aromatic carbocycles. The SMILES string of the molecule is CCC(C)CC(=O)C(C(=O)O)[N+](=O)[O-]. The van der Waals surface area contributed by atoms with Crippen molar-refractivity contribution in [3.8, 4) is 0 Å². The van der Waals surface area contributed by atoms with E-state index in [4.69, 9.17) is 5.11 Å². The molecule has 1 N–H and O–H groups in total. The monoisotopic (exact) mass is 203 g/mol. The van der Waals surface area contributed by atoms with Crippen molar-refractivity contribution < 1.29 is 19.6 Å². The Morgan fingerprint density at radius 3 is 2.29 bits per heavy atom. The molecule has 0 saturated heterocycles. The molecule has 2 unspecified atom stereocenters. The Bertz CT molecular complexity index is 236. The summed E-state index contributed by atoms with van der Waals surface area (Å²) in [5, 5.41) is 18.7. The predicted octanol–water partition coefficient (Wildman–Crippen LogP) is 0.722. The Balaban J connectivity index is 4.46. The smallest absolute Gasteiger partial charge is 0.387 e. The quantitative estimate of drug-likeness (QED) is 0.389. The lowest BCUT2D eigenvalue weighted by Crippen LogP contribution is -2.38. The molecular weight excluding hydrogens is 190 g/mol. The van der Waals surface area contributed by atoms with Gasteiger partial charge in [0.1, 0.15) is 0 Å². The summed E-state index contributed by atoms with van der Waals surface area (Å²) in [6.45, 7) is 3.58. The van der Waals surface area contributed by atoms with Crippen LogP contribution in [0.4, 0.5) is 0 Å². The predicted molar refractivity (Wildman–Crippen MR) is 47.5 cm³/mol. The second-order valence-corrected chi connectivity index (χ2v) is 3.21. The second-order valence-electron chi connectivity index (χ2n) is 3.21. The molecule has 0 aromatic rings. The van der Waals surface area contributed by atoms with Gasteiger partial charge in [0.05, 0.1) is 0 Å². The number of ketones is 1. The molecule has 0 bridgehead atoms. The van der Waals surface area contributed by atoms with Gasteiger partial charge in [-0.25, -0.2) is 4.79 Å². The van der Waals surface area contributed by atoms with Crippen LogP contribution in [0.2, 0.25) is 0 Å². The highest BCUT2D eigenvalue weighted by Crippen LogP contribution is 2.09. The molecule has 0 amide bonds. The average molecular weight is 203 g/mol. The highest BCUT2D eigenvalue weighted by Gasteiger charge is 2.37. The van der Waals surface area contributed by atoms with Crippen LogP contribution in [0, 0.1) is 16.0 Å². The van der Waals surface area contributed by atoms with Crippen molar-refractivity contribution in [1.29, 1.82) is 0 Å². The number of hydrogen-bond acceptors (Lipinski definition) is 4. The van der Waals surface area contributed by atoms with E-state index in [2.05, 4.69) is 0 Å². The van der Waals surface area contributed by atoms with Crippen LogP contribution in [-0.2, 0) is 9.59 Å². The van der Waals surface area contributed by atoms with Gasteiger partial charge < -0.3 is 5.11 Å². The van der Waals surface area contributed by atoms with E-state index in [1.165, 1.54) is 0 Å². The van der Waals surface area contributed by atoms with Gasteiger partial charge in [0.25, 0.3) is 0 Å². The number of nitrogens with zero attached hydrogens (tertiary/aromatic N) is 1. The zero-order valence-electron chi connectivity index (χ0n) is 8.10. The molecule has 14 heavy (non-hydrogen) atoms. The van der Waals surface area contributed by atoms with E-state index < -0.39 is 22.7 Å². The molecule has 0 aliphatic heterocycles. The maximum absolute atomic E-state index is 11.2. The number of carbonyl (C=O) groups excluding carboxylic acids is 1. The van der Waals surface area contributed by atoms with Crippen molar-refractivity contribution >= 4 is 11.8 Å². The third-order valence-electron chi connectivity index (χ3n) is 2.00. The van der Waals surface area contributed by atoms with Gasteiger partial charge in [0.2, 0.25) is 5.78 Å². The molecule has 0 aliphatic carbocycles. The minimum Gasteiger partial charge on any atom is -0.476 e. The summed E-state index contributed by atoms with van der Waals surface area (Å²) in [6, 6.07) is -2.11. The lowest BCUT2D eigenvalue weighted by molar-refractivity contribution is -0.496. The highest BCUT2D eigenvalue weighted by atomic mass is 16.6. The van der Waals surface area contributed by atoms with Crippen LogP contribution in [0.15, 0.2) is 0 Å². The molecule has 0 heterocycles. The first kappa shape index (κ1) is 12.5. The largest absolute Gasteiger partial charge is 0.476 e. The standard InChI is InChI=1S/C8H13NO5/c1-3-5(2)4-6(10)7(8(11)12)9(13)14/h5,7H,3-4H2,1-2H3,(H,11,12). The van der Waals surface area contributed by atoms with Crippen molar-refractivity contribution in [2.45, 2.75) is 32.7 Å². The van der Waals surface area contributed by atoms with Gasteiger partial charge in [0.15, 0.2) is 0 Å². The van der Waals surface area contributed by atoms with Crippen LogP contribution < -0.4 is 0 Å². The zero-order valence-corrected chi connectivity index (χ0v) is 8.10. The van der Waals surface area contributed by atoms with Crippen molar-refractivity contribution in [3.05, 3.63) is 10.1 Å². The molecule has 0 radical (unpaired) electrons. The minimum atomic E-state index is -2.11. The number of nitro groups is 1. The van der Waals surface area contributed by atoms with Crippen molar-refractivity contribution in [1.82, 2.24) is 0 Å². The van der Waals surface area contributed by atoms with E-state index in [1.54, 1.807) is 6.92 Å². The van der Waals surface area contributed by atoms with Crippen molar-refractivity contribution in [2.75, 3.05) is 0 Å². The normalized spacial score (nSPS) is 14.4. The van der Waals surface area contributed by atoms with Gasteiger partial charge in [-0.05, 0) is 5.92 Å². The molecule has 0 saturated carbocycles. The highest BCUT2D eigenvalue weighted by molar-refractivity contribution is 6.00. The zero-order chi connectivity index (χ0) is 11.3. The molecule has 0 aromatic heterocycles. The number of carboxylic acids is 1. The van der Waals surface area contributed by atoms with E-state index in [1.807, 2.05) is 6.92 Å². The van der Waals surface area contributed by atoms with Crippen molar-refractivity contribution in [3.63, 3.8) is 0 Å². The lowest BCUT2D eigenvalue weighted by atomic mass is 9.98. The number of Topliss-reactive ketones (excluding diaryl/α,β-unsaturated/α-hetero) is 1. The Kier molecular flexibility index (Phi) is 4.76. The van der Waals surface area contributed by atoms with Crippen LogP contribution in [-0.4, -0.2) is 27.8 Å². The molecule has 6 heteroatoms. The Hall–Kier alpha value is -1.46. The number of carboxylic acid groups (broad SMARTS) is 1. The Morgan fingerprint density at radius 1 is 1.50 bits per heavy atom. The van der Waals surface area contributed by atoms with Crippen LogP contribution in [0.1, 0.15) is 26.7 Å². The van der Waals surface area contributed by atoms with E-state index in [-0.39, 0.29) is 12.3 Å². The van der Waals surface area contributed by atoms with Gasteiger partial charge in [-0.3, -0.25) is 14.9 Å². The van der Waals surface area contributed by atoms with E-state index in [9.17, 15) is 19.7 Å². The summed E-state index contributed by atoms with van der Waals surface area (Å²) in [6.07, 6.45) is 0.629. The fraction of sp³-hybridized carbons (Fsp3) is 0.750. The molecule has 0 aliphatic rings. The number of rotatable bonds is 6. The van der Waals surface area contributed by atoms with Crippen LogP contribution in [0.5, 0.6) is 0 Å². The number of carbonyl (C=O) groups is 2. The average Bonchev–Trinajstić information content (AvgIpc) is 2.02. The van der Waals surface area contributed by atoms with E-state index >= 15 is 0 Å². The number of aliphatic carboxylic acids is 1. The topological polar surface area (TPSA) is 97.5 Å². The van der Waals surface area contributed by atoms with Gasteiger partial charge in [-0.2, -0.15) is 0 Å². The Morgan fingerprint density at radius 2 is 2.00 bits per heavy atom. The third-order valence-corrected chi connectivity index (χ3v) is 2.00. The first-order chi connectivity index (χ1) is 6.40. The van der Waals surface area contributed by atoms with Gasteiger partial charge in [-0.15, -0.1) is 0 Å². The third kappa shape index (κ3) is 3.51. The molecule has 6 nitrogen and oxygen atoms in total.